The summed E-state index contributed by atoms with van der Waals surface area (Å²) >= 11 is 0. The molecule has 3 aliphatic heterocycles. The molecule has 2 atom stereocenters. The Labute approximate surface area is 208 Å². The van der Waals surface area contributed by atoms with Gasteiger partial charge < -0.3 is 19.5 Å². The number of piperidine rings is 1. The zero-order valence-corrected chi connectivity index (χ0v) is 21.3. The maximum absolute atomic E-state index is 14.2. The minimum atomic E-state index is -0.487. The summed E-state index contributed by atoms with van der Waals surface area (Å²) in [7, 11) is 0. The van der Waals surface area contributed by atoms with Gasteiger partial charge in [-0.1, -0.05) is 12.1 Å². The molecule has 3 heterocycles. The Kier molecular flexibility index (Phi) is 6.70. The summed E-state index contributed by atoms with van der Waals surface area (Å²) in [6.45, 7) is 9.50. The molecule has 1 aromatic rings. The summed E-state index contributed by atoms with van der Waals surface area (Å²) in [6, 6.07) is 5.59. The van der Waals surface area contributed by atoms with E-state index in [0.29, 0.717) is 38.1 Å². The largest absolute Gasteiger partial charge is 0.444 e. The summed E-state index contributed by atoms with van der Waals surface area (Å²) in [5, 5.41) is 9.87. The van der Waals surface area contributed by atoms with E-state index in [1.54, 1.807) is 17.0 Å². The van der Waals surface area contributed by atoms with Gasteiger partial charge in [0.2, 0.25) is 0 Å². The highest BCUT2D eigenvalue weighted by molar-refractivity contribution is 5.70. The molecule has 0 radical (unpaired) electrons. The molecule has 7 heteroatoms. The average Bonchev–Trinajstić information content (AvgIpc) is 3.24. The molecule has 1 aliphatic carbocycles. The number of benzene rings is 1. The van der Waals surface area contributed by atoms with Crippen LogP contribution in [0.5, 0.6) is 0 Å². The van der Waals surface area contributed by atoms with Crippen LogP contribution in [-0.4, -0.2) is 77.1 Å². The van der Waals surface area contributed by atoms with Gasteiger partial charge in [0.1, 0.15) is 17.0 Å². The fourth-order valence-corrected chi connectivity index (χ4v) is 6.18. The number of hydrogen-bond donors (Lipinski definition) is 1. The highest BCUT2D eigenvalue weighted by atomic mass is 19.1. The Morgan fingerprint density at radius 3 is 2.60 bits per heavy atom. The van der Waals surface area contributed by atoms with Crippen molar-refractivity contribution in [3.63, 3.8) is 0 Å². The standard InChI is InChI=1S/C28H39FN2O4/c1-27(2,3)35-26(33)31-17-28(18-31)15-22(16-34-28)30-12-10-20(11-13-30)25-14-21(29)6-9-24(25)19-4-7-23(32)8-5-19/h4,6,9,14,20,22-23,32H,5,7-8,10-13,15-18H2,1-3H3/t22-,23?/m0/s1. The SMILES string of the molecule is CC(C)(C)OC(=O)N1CC2(C[C@H](N3CCC(c4cc(F)ccc4C4=CCC(O)CC4)CC3)CO2)C1. The van der Waals surface area contributed by atoms with Crippen molar-refractivity contribution in [2.45, 2.75) is 88.6 Å². The second-order valence-electron chi connectivity index (χ2n) is 11.9. The lowest BCUT2D eigenvalue weighted by atomic mass is 9.81. The molecule has 1 N–H and O–H groups in total. The smallest absolute Gasteiger partial charge is 0.410 e. The Morgan fingerprint density at radius 2 is 1.94 bits per heavy atom. The molecule has 1 amide bonds. The highest BCUT2D eigenvalue weighted by Crippen LogP contribution is 2.41. The monoisotopic (exact) mass is 486 g/mol. The van der Waals surface area contributed by atoms with Gasteiger partial charge in [-0.2, -0.15) is 0 Å². The maximum atomic E-state index is 14.2. The van der Waals surface area contributed by atoms with Crippen molar-refractivity contribution >= 4 is 11.7 Å². The number of likely N-dealkylation sites (tertiary alicyclic amines) is 2. The first-order chi connectivity index (χ1) is 16.6. The molecule has 6 nitrogen and oxygen atoms in total. The number of ether oxygens (including phenoxy) is 2. The van der Waals surface area contributed by atoms with Crippen molar-refractivity contribution in [1.29, 1.82) is 0 Å². The van der Waals surface area contributed by atoms with Crippen molar-refractivity contribution in [2.75, 3.05) is 32.8 Å². The van der Waals surface area contributed by atoms with Crippen molar-refractivity contribution in [1.82, 2.24) is 9.80 Å². The molecular formula is C28H39FN2O4. The molecule has 3 fully saturated rings. The fourth-order valence-electron chi connectivity index (χ4n) is 6.18. The molecule has 35 heavy (non-hydrogen) atoms. The first kappa shape index (κ1) is 24.7. The molecule has 0 aromatic heterocycles. The number of carbonyl (C=O) groups excluding carboxylic acids is 1. The van der Waals surface area contributed by atoms with Crippen molar-refractivity contribution in [3.05, 3.63) is 41.2 Å². The van der Waals surface area contributed by atoms with Gasteiger partial charge in [-0.3, -0.25) is 4.90 Å². The number of amides is 1. The van der Waals surface area contributed by atoms with E-state index in [0.717, 1.165) is 56.3 Å². The maximum Gasteiger partial charge on any atom is 0.410 e. The molecule has 0 bridgehead atoms. The Bertz CT molecular complexity index is 974. The van der Waals surface area contributed by atoms with Crippen LogP contribution in [0.4, 0.5) is 9.18 Å². The predicted octanol–water partition coefficient (Wildman–Crippen LogP) is 4.71. The molecule has 0 saturated carbocycles. The molecule has 3 saturated heterocycles. The predicted molar refractivity (Wildman–Crippen MR) is 133 cm³/mol. The zero-order valence-electron chi connectivity index (χ0n) is 21.3. The number of allylic oxidation sites excluding steroid dienone is 1. The Hall–Kier alpha value is -1.96. The average molecular weight is 487 g/mol. The third kappa shape index (κ3) is 5.42. The number of nitrogens with zero attached hydrogens (tertiary/aromatic N) is 2. The van der Waals surface area contributed by atoms with E-state index in [4.69, 9.17) is 9.47 Å². The zero-order chi connectivity index (χ0) is 24.8. The van der Waals surface area contributed by atoms with E-state index in [2.05, 4.69) is 11.0 Å². The van der Waals surface area contributed by atoms with Crippen LogP contribution >= 0.6 is 0 Å². The van der Waals surface area contributed by atoms with Gasteiger partial charge >= 0.3 is 6.09 Å². The van der Waals surface area contributed by atoms with Gasteiger partial charge in [0.15, 0.2) is 0 Å². The van der Waals surface area contributed by atoms with Crippen LogP contribution in [0.3, 0.4) is 0 Å². The summed E-state index contributed by atoms with van der Waals surface area (Å²) in [5.74, 6) is 0.167. The number of hydrogen-bond acceptors (Lipinski definition) is 5. The van der Waals surface area contributed by atoms with Gasteiger partial charge in [0.25, 0.3) is 0 Å². The Balaban J connectivity index is 1.17. The number of halogens is 1. The molecule has 4 aliphatic rings. The summed E-state index contributed by atoms with van der Waals surface area (Å²) in [6.07, 6.45) is 6.86. The van der Waals surface area contributed by atoms with Crippen LogP contribution in [0.1, 0.15) is 76.3 Å². The molecule has 1 aromatic carbocycles. The third-order valence-electron chi connectivity index (χ3n) is 8.03. The summed E-state index contributed by atoms with van der Waals surface area (Å²) in [4.78, 5) is 16.6. The van der Waals surface area contributed by atoms with Crippen molar-refractivity contribution in [3.8, 4) is 0 Å². The van der Waals surface area contributed by atoms with Crippen LogP contribution in [0.25, 0.3) is 5.57 Å². The number of aliphatic hydroxyl groups is 1. The van der Waals surface area contributed by atoms with Gasteiger partial charge in [-0.05, 0) is 107 Å². The van der Waals surface area contributed by atoms with E-state index in [-0.39, 0.29) is 23.6 Å². The van der Waals surface area contributed by atoms with Gasteiger partial charge in [0, 0.05) is 6.04 Å². The van der Waals surface area contributed by atoms with Crippen molar-refractivity contribution in [2.24, 2.45) is 0 Å². The van der Waals surface area contributed by atoms with Crippen molar-refractivity contribution < 1.29 is 23.8 Å². The van der Waals surface area contributed by atoms with Crippen LogP contribution in [0.15, 0.2) is 24.3 Å². The molecular weight excluding hydrogens is 447 g/mol. The number of carbonyl (C=O) groups is 1. The van der Waals surface area contributed by atoms with E-state index < -0.39 is 5.60 Å². The first-order valence-electron chi connectivity index (χ1n) is 13.1. The highest BCUT2D eigenvalue weighted by Gasteiger charge is 2.53. The minimum Gasteiger partial charge on any atom is -0.444 e. The minimum absolute atomic E-state index is 0.173. The van der Waals surface area contributed by atoms with Gasteiger partial charge in [0.05, 0.1) is 25.8 Å². The van der Waals surface area contributed by atoms with E-state index in [1.165, 1.54) is 5.57 Å². The number of aliphatic hydroxyl groups excluding tert-OH is 1. The van der Waals surface area contributed by atoms with Gasteiger partial charge in [-0.15, -0.1) is 0 Å². The van der Waals surface area contributed by atoms with E-state index >= 15 is 0 Å². The fraction of sp³-hybridized carbons (Fsp3) is 0.679. The van der Waals surface area contributed by atoms with E-state index in [1.807, 2.05) is 26.8 Å². The quantitative estimate of drug-likeness (QED) is 0.670. The normalized spacial score (nSPS) is 27.6. The summed E-state index contributed by atoms with van der Waals surface area (Å²) in [5.41, 5.74) is 2.82. The molecule has 1 unspecified atom stereocenters. The van der Waals surface area contributed by atoms with Crippen LogP contribution < -0.4 is 0 Å². The lowest BCUT2D eigenvalue weighted by molar-refractivity contribution is -0.109. The number of rotatable bonds is 3. The van der Waals surface area contributed by atoms with Crippen LogP contribution in [0, 0.1) is 5.82 Å². The third-order valence-corrected chi connectivity index (χ3v) is 8.03. The lowest BCUT2D eigenvalue weighted by Gasteiger charge is -2.47. The Morgan fingerprint density at radius 1 is 1.20 bits per heavy atom. The second-order valence-corrected chi connectivity index (χ2v) is 11.9. The first-order valence-corrected chi connectivity index (χ1v) is 13.1. The lowest BCUT2D eigenvalue weighted by Crippen LogP contribution is -2.64. The topological polar surface area (TPSA) is 62.2 Å². The second kappa shape index (κ2) is 9.49. The van der Waals surface area contributed by atoms with E-state index in [9.17, 15) is 14.3 Å². The summed E-state index contributed by atoms with van der Waals surface area (Å²) < 4.78 is 25.9. The molecule has 5 rings (SSSR count). The van der Waals surface area contributed by atoms with Crippen LogP contribution in [-0.2, 0) is 9.47 Å². The molecule has 192 valence electrons. The van der Waals surface area contributed by atoms with Gasteiger partial charge in [-0.25, -0.2) is 9.18 Å². The van der Waals surface area contributed by atoms with Crippen LogP contribution in [0.2, 0.25) is 0 Å². The molecule has 1 spiro atoms.